The van der Waals surface area contributed by atoms with Crippen LogP contribution in [0.4, 0.5) is 0 Å². The molecule has 0 saturated carbocycles. The number of likely N-dealkylation sites (N-methyl/N-ethyl adjacent to an activating group) is 1. The van der Waals surface area contributed by atoms with E-state index in [0.717, 1.165) is 11.0 Å². The molecule has 2 rings (SSSR count). The highest BCUT2D eigenvalue weighted by Gasteiger charge is 2.23. The summed E-state index contributed by atoms with van der Waals surface area (Å²) in [5, 5.41) is 9.61. The minimum Gasteiger partial charge on any atom is -0.480 e. The van der Waals surface area contributed by atoms with Gasteiger partial charge in [0.2, 0.25) is 5.91 Å². The number of amides is 1. The van der Waals surface area contributed by atoms with Crippen LogP contribution in [0.3, 0.4) is 0 Å². The number of benzene rings is 1. The van der Waals surface area contributed by atoms with Gasteiger partial charge in [-0.25, -0.2) is 0 Å². The Morgan fingerprint density at radius 2 is 2.05 bits per heavy atom. The summed E-state index contributed by atoms with van der Waals surface area (Å²) in [6, 6.07) is 9.30. The van der Waals surface area contributed by atoms with E-state index in [0.29, 0.717) is 5.76 Å². The molecule has 0 fully saturated rings. The van der Waals surface area contributed by atoms with Gasteiger partial charge in [0.05, 0.1) is 5.92 Å². The van der Waals surface area contributed by atoms with Gasteiger partial charge in [0.1, 0.15) is 17.9 Å². The van der Waals surface area contributed by atoms with Crippen LogP contribution in [0.5, 0.6) is 0 Å². The fourth-order valence-corrected chi connectivity index (χ4v) is 1.95. The van der Waals surface area contributed by atoms with Crippen molar-refractivity contribution >= 4 is 22.8 Å². The highest BCUT2D eigenvalue weighted by molar-refractivity contribution is 5.87. The number of hydrogen-bond acceptors (Lipinski definition) is 3. The zero-order valence-electron chi connectivity index (χ0n) is 10.8. The van der Waals surface area contributed by atoms with Crippen molar-refractivity contribution in [3.05, 3.63) is 36.1 Å². The molecule has 1 N–H and O–H groups in total. The molecule has 0 bridgehead atoms. The van der Waals surface area contributed by atoms with Crippen LogP contribution in [0.1, 0.15) is 18.6 Å². The molecular formula is C14H15NO4. The summed E-state index contributed by atoms with van der Waals surface area (Å²) in [5.74, 6) is -1.27. The van der Waals surface area contributed by atoms with Crippen molar-refractivity contribution in [2.24, 2.45) is 0 Å². The molecule has 0 spiro atoms. The summed E-state index contributed by atoms with van der Waals surface area (Å²) >= 11 is 0. The zero-order valence-corrected chi connectivity index (χ0v) is 10.8. The first kappa shape index (κ1) is 13.1. The molecular weight excluding hydrogens is 246 g/mol. The largest absolute Gasteiger partial charge is 0.480 e. The number of carboxylic acid groups (broad SMARTS) is 1. The number of furan rings is 1. The van der Waals surface area contributed by atoms with E-state index >= 15 is 0 Å². The van der Waals surface area contributed by atoms with E-state index in [9.17, 15) is 9.59 Å². The molecule has 0 aliphatic rings. The number of carboxylic acids is 1. The Hall–Kier alpha value is -2.30. The molecule has 0 aliphatic carbocycles. The predicted octanol–water partition coefficient (Wildman–Crippen LogP) is 2.08. The molecule has 1 amide bonds. The second-order valence-corrected chi connectivity index (χ2v) is 4.50. The van der Waals surface area contributed by atoms with Crippen molar-refractivity contribution < 1.29 is 19.1 Å². The van der Waals surface area contributed by atoms with Gasteiger partial charge < -0.3 is 14.4 Å². The number of carbonyl (C=O) groups is 2. The van der Waals surface area contributed by atoms with E-state index < -0.39 is 11.9 Å². The van der Waals surface area contributed by atoms with Crippen LogP contribution in [0.15, 0.2) is 34.7 Å². The maximum absolute atomic E-state index is 12.1. The molecule has 1 heterocycles. The molecule has 19 heavy (non-hydrogen) atoms. The van der Waals surface area contributed by atoms with Gasteiger partial charge in [-0.1, -0.05) is 18.2 Å². The molecule has 2 aromatic rings. The van der Waals surface area contributed by atoms with Gasteiger partial charge in [0.15, 0.2) is 0 Å². The lowest BCUT2D eigenvalue weighted by Crippen LogP contribution is -2.34. The van der Waals surface area contributed by atoms with Crippen molar-refractivity contribution in [3.8, 4) is 0 Å². The highest BCUT2D eigenvalue weighted by atomic mass is 16.4. The Kier molecular flexibility index (Phi) is 3.55. The van der Waals surface area contributed by atoms with E-state index in [1.165, 1.54) is 11.9 Å². The van der Waals surface area contributed by atoms with Crippen molar-refractivity contribution in [1.29, 1.82) is 0 Å². The van der Waals surface area contributed by atoms with Crippen molar-refractivity contribution in [2.75, 3.05) is 13.6 Å². The van der Waals surface area contributed by atoms with Crippen LogP contribution < -0.4 is 0 Å². The Morgan fingerprint density at radius 1 is 1.37 bits per heavy atom. The van der Waals surface area contributed by atoms with Gasteiger partial charge in [0.25, 0.3) is 0 Å². The van der Waals surface area contributed by atoms with Gasteiger partial charge in [-0.3, -0.25) is 9.59 Å². The summed E-state index contributed by atoms with van der Waals surface area (Å²) < 4.78 is 5.61. The predicted molar refractivity (Wildman–Crippen MR) is 69.9 cm³/mol. The molecule has 100 valence electrons. The molecule has 1 atom stereocenters. The number of rotatable bonds is 4. The average molecular weight is 261 g/mol. The first-order valence-electron chi connectivity index (χ1n) is 5.94. The van der Waals surface area contributed by atoms with Crippen LogP contribution in [-0.2, 0) is 9.59 Å². The second kappa shape index (κ2) is 5.14. The number of carbonyl (C=O) groups excluding carboxylic acids is 1. The maximum atomic E-state index is 12.1. The Labute approximate surface area is 110 Å². The van der Waals surface area contributed by atoms with E-state index in [2.05, 4.69) is 0 Å². The van der Waals surface area contributed by atoms with Crippen molar-refractivity contribution in [3.63, 3.8) is 0 Å². The lowest BCUT2D eigenvalue weighted by Gasteiger charge is -2.18. The van der Waals surface area contributed by atoms with E-state index in [-0.39, 0.29) is 12.5 Å². The summed E-state index contributed by atoms with van der Waals surface area (Å²) in [6.07, 6.45) is 0. The van der Waals surface area contributed by atoms with Crippen LogP contribution >= 0.6 is 0 Å². The number of fused-ring (bicyclic) bond motifs is 1. The molecule has 0 aliphatic heterocycles. The minimum absolute atomic E-state index is 0.276. The lowest BCUT2D eigenvalue weighted by molar-refractivity contribution is -0.144. The molecule has 0 saturated heterocycles. The number of para-hydroxylation sites is 1. The van der Waals surface area contributed by atoms with Crippen LogP contribution in [0.2, 0.25) is 0 Å². The minimum atomic E-state index is -1.03. The van der Waals surface area contributed by atoms with Crippen LogP contribution in [0.25, 0.3) is 11.0 Å². The number of hydrogen-bond donors (Lipinski definition) is 1. The Balaban J connectivity index is 2.20. The lowest BCUT2D eigenvalue weighted by atomic mass is 10.1. The number of nitrogens with zero attached hydrogens (tertiary/aromatic N) is 1. The van der Waals surface area contributed by atoms with Gasteiger partial charge in [-0.05, 0) is 19.1 Å². The van der Waals surface area contributed by atoms with Crippen LogP contribution in [0, 0.1) is 0 Å². The monoisotopic (exact) mass is 261 g/mol. The Morgan fingerprint density at radius 3 is 2.68 bits per heavy atom. The molecule has 1 unspecified atom stereocenters. The molecule has 1 aromatic carbocycles. The SMILES string of the molecule is CC(C(=O)N(C)CC(=O)O)c1cc2ccccc2o1. The topological polar surface area (TPSA) is 70.8 Å². The summed E-state index contributed by atoms with van der Waals surface area (Å²) in [4.78, 5) is 23.8. The van der Waals surface area contributed by atoms with Gasteiger partial charge >= 0.3 is 5.97 Å². The first-order chi connectivity index (χ1) is 8.99. The molecule has 5 nitrogen and oxygen atoms in total. The highest BCUT2D eigenvalue weighted by Crippen LogP contribution is 2.25. The normalized spacial score (nSPS) is 12.3. The quantitative estimate of drug-likeness (QED) is 0.914. The summed E-state index contributed by atoms with van der Waals surface area (Å²) in [5.41, 5.74) is 0.720. The molecule has 0 radical (unpaired) electrons. The van der Waals surface area contributed by atoms with Gasteiger partial charge in [0, 0.05) is 12.4 Å². The van der Waals surface area contributed by atoms with E-state index in [1.807, 2.05) is 30.3 Å². The van der Waals surface area contributed by atoms with Crippen molar-refractivity contribution in [2.45, 2.75) is 12.8 Å². The zero-order chi connectivity index (χ0) is 14.0. The fourth-order valence-electron chi connectivity index (χ4n) is 1.95. The van der Waals surface area contributed by atoms with Crippen molar-refractivity contribution in [1.82, 2.24) is 4.90 Å². The maximum Gasteiger partial charge on any atom is 0.323 e. The first-order valence-corrected chi connectivity index (χ1v) is 5.94. The molecule has 5 heteroatoms. The Bertz CT molecular complexity index is 584. The second-order valence-electron chi connectivity index (χ2n) is 4.50. The average Bonchev–Trinajstić information content (AvgIpc) is 2.79. The third-order valence-electron chi connectivity index (χ3n) is 2.99. The third kappa shape index (κ3) is 2.76. The number of aliphatic carboxylic acids is 1. The standard InChI is InChI=1S/C14H15NO4/c1-9(14(18)15(2)8-13(16)17)12-7-10-5-3-4-6-11(10)19-12/h3-7,9H,8H2,1-2H3,(H,16,17). The molecule has 1 aromatic heterocycles. The fraction of sp³-hybridized carbons (Fsp3) is 0.286. The third-order valence-corrected chi connectivity index (χ3v) is 2.99. The van der Waals surface area contributed by atoms with E-state index in [4.69, 9.17) is 9.52 Å². The van der Waals surface area contributed by atoms with Crippen LogP contribution in [-0.4, -0.2) is 35.5 Å². The summed E-state index contributed by atoms with van der Waals surface area (Å²) in [6.45, 7) is 1.39. The van der Waals surface area contributed by atoms with E-state index in [1.54, 1.807) is 6.92 Å². The summed E-state index contributed by atoms with van der Waals surface area (Å²) in [7, 11) is 1.47. The van der Waals surface area contributed by atoms with Gasteiger partial charge in [-0.15, -0.1) is 0 Å². The van der Waals surface area contributed by atoms with Gasteiger partial charge in [-0.2, -0.15) is 0 Å². The smallest absolute Gasteiger partial charge is 0.323 e.